The molecule has 1 fully saturated rings. The topological polar surface area (TPSA) is 66.1 Å². The van der Waals surface area contributed by atoms with E-state index in [-0.39, 0.29) is 17.7 Å². The number of nitrogens with zero attached hydrogens (tertiary/aromatic N) is 5. The molecule has 1 aliphatic heterocycles. The third-order valence-corrected chi connectivity index (χ3v) is 6.76. The van der Waals surface area contributed by atoms with Crippen LogP contribution in [-0.4, -0.2) is 57.9 Å². The van der Waals surface area contributed by atoms with Crippen molar-refractivity contribution in [2.45, 2.75) is 6.04 Å². The Hall–Kier alpha value is -3.17. The number of fused-ring (bicyclic) bond motifs is 1. The third-order valence-electron chi connectivity index (χ3n) is 5.67. The van der Waals surface area contributed by atoms with Gasteiger partial charge >= 0.3 is 0 Å². The summed E-state index contributed by atoms with van der Waals surface area (Å²) in [6, 6.07) is 14.4. The van der Waals surface area contributed by atoms with Crippen molar-refractivity contribution in [3.05, 3.63) is 71.1 Å². The van der Waals surface area contributed by atoms with E-state index >= 15 is 0 Å². The molecule has 0 unspecified atom stereocenters. The molecule has 1 saturated heterocycles. The van der Waals surface area contributed by atoms with Gasteiger partial charge in [0.2, 0.25) is 10.8 Å². The highest BCUT2D eigenvalue weighted by atomic mass is 32.1. The number of benzene rings is 2. The largest absolute Gasteiger partial charge is 0.497 e. The summed E-state index contributed by atoms with van der Waals surface area (Å²) in [4.78, 5) is 10.1. The molecule has 0 saturated carbocycles. The van der Waals surface area contributed by atoms with Gasteiger partial charge in [-0.1, -0.05) is 23.5 Å². The summed E-state index contributed by atoms with van der Waals surface area (Å²) in [5, 5.41) is 14.9. The van der Waals surface area contributed by atoms with Crippen LogP contribution in [0.15, 0.2) is 54.9 Å². The smallest absolute Gasteiger partial charge is 0.230 e. The lowest BCUT2D eigenvalue weighted by Gasteiger charge is -2.40. The van der Waals surface area contributed by atoms with Gasteiger partial charge in [0.25, 0.3) is 0 Å². The number of rotatable bonds is 5. The van der Waals surface area contributed by atoms with E-state index in [1.54, 1.807) is 13.2 Å². The SMILES string of the molecule is COc1ccc(N2CCN([C@@H](c3cccc(F)c3)c3sc4ncnn4c3O)CC2)cc1. The van der Waals surface area contributed by atoms with Crippen molar-refractivity contribution in [2.24, 2.45) is 0 Å². The van der Waals surface area contributed by atoms with Crippen LogP contribution in [0.25, 0.3) is 4.96 Å². The van der Waals surface area contributed by atoms with Gasteiger partial charge in [0.1, 0.15) is 17.9 Å². The van der Waals surface area contributed by atoms with Gasteiger partial charge in [0, 0.05) is 31.9 Å². The monoisotopic (exact) mass is 439 g/mol. The van der Waals surface area contributed by atoms with Gasteiger partial charge in [-0.2, -0.15) is 9.61 Å². The Kier molecular flexibility index (Phi) is 5.21. The first-order chi connectivity index (χ1) is 15.1. The predicted molar refractivity (Wildman–Crippen MR) is 118 cm³/mol. The summed E-state index contributed by atoms with van der Waals surface area (Å²) in [7, 11) is 1.66. The molecule has 0 spiro atoms. The molecule has 0 aliphatic carbocycles. The van der Waals surface area contributed by atoms with Crippen LogP contribution in [0.4, 0.5) is 10.1 Å². The lowest BCUT2D eigenvalue weighted by molar-refractivity contribution is 0.211. The van der Waals surface area contributed by atoms with E-state index in [1.165, 1.54) is 34.3 Å². The summed E-state index contributed by atoms with van der Waals surface area (Å²) in [6.07, 6.45) is 1.42. The van der Waals surface area contributed by atoms with Crippen molar-refractivity contribution in [3.8, 4) is 11.6 Å². The molecule has 7 nitrogen and oxygen atoms in total. The Balaban J connectivity index is 1.43. The van der Waals surface area contributed by atoms with Gasteiger partial charge in [-0.25, -0.2) is 9.37 Å². The zero-order chi connectivity index (χ0) is 21.4. The molecule has 9 heteroatoms. The van der Waals surface area contributed by atoms with Crippen molar-refractivity contribution >= 4 is 22.0 Å². The highest BCUT2D eigenvalue weighted by Gasteiger charge is 2.31. The van der Waals surface area contributed by atoms with Gasteiger partial charge in [-0.15, -0.1) is 0 Å². The molecule has 1 atom stereocenters. The third kappa shape index (κ3) is 3.70. The van der Waals surface area contributed by atoms with E-state index in [0.717, 1.165) is 48.1 Å². The second-order valence-corrected chi connectivity index (χ2v) is 8.43. The molecule has 2 aromatic heterocycles. The first-order valence-electron chi connectivity index (χ1n) is 10.0. The zero-order valence-electron chi connectivity index (χ0n) is 17.0. The van der Waals surface area contributed by atoms with Crippen LogP contribution in [0, 0.1) is 5.82 Å². The van der Waals surface area contributed by atoms with Crippen molar-refractivity contribution in [2.75, 3.05) is 38.2 Å². The minimum Gasteiger partial charge on any atom is -0.497 e. The highest BCUT2D eigenvalue weighted by molar-refractivity contribution is 7.17. The number of hydrogen-bond acceptors (Lipinski definition) is 7. The number of anilines is 1. The van der Waals surface area contributed by atoms with Crippen LogP contribution in [0.5, 0.6) is 11.6 Å². The van der Waals surface area contributed by atoms with Crippen molar-refractivity contribution in [1.29, 1.82) is 0 Å². The summed E-state index contributed by atoms with van der Waals surface area (Å²) < 4.78 is 20.8. The molecule has 0 amide bonds. The van der Waals surface area contributed by atoms with Gasteiger partial charge in [0.15, 0.2) is 0 Å². The minimum absolute atomic E-state index is 0.0596. The fourth-order valence-electron chi connectivity index (χ4n) is 4.11. The van der Waals surface area contributed by atoms with Gasteiger partial charge in [0.05, 0.1) is 18.0 Å². The fraction of sp³-hybridized carbons (Fsp3) is 0.273. The van der Waals surface area contributed by atoms with E-state index in [2.05, 4.69) is 32.0 Å². The maximum Gasteiger partial charge on any atom is 0.230 e. The number of hydrogen-bond donors (Lipinski definition) is 1. The maximum atomic E-state index is 14.1. The number of ether oxygens (including phenoxy) is 1. The molecule has 160 valence electrons. The van der Waals surface area contributed by atoms with Crippen LogP contribution in [0.2, 0.25) is 0 Å². The maximum absolute atomic E-state index is 14.1. The van der Waals surface area contributed by atoms with E-state index < -0.39 is 0 Å². The molecule has 31 heavy (non-hydrogen) atoms. The Morgan fingerprint density at radius 3 is 2.55 bits per heavy atom. The average molecular weight is 440 g/mol. The van der Waals surface area contributed by atoms with Crippen LogP contribution < -0.4 is 9.64 Å². The summed E-state index contributed by atoms with van der Waals surface area (Å²) in [5.41, 5.74) is 1.95. The average Bonchev–Trinajstić information content (AvgIpc) is 3.38. The van der Waals surface area contributed by atoms with Crippen LogP contribution >= 0.6 is 11.3 Å². The molecule has 1 aliphatic rings. The number of halogens is 1. The molecular weight excluding hydrogens is 417 g/mol. The zero-order valence-corrected chi connectivity index (χ0v) is 17.8. The number of thiazole rings is 1. The second-order valence-electron chi connectivity index (χ2n) is 7.42. The van der Waals surface area contributed by atoms with Crippen LogP contribution in [0.1, 0.15) is 16.5 Å². The molecule has 5 rings (SSSR count). The highest BCUT2D eigenvalue weighted by Crippen LogP contribution is 2.40. The lowest BCUT2D eigenvalue weighted by Crippen LogP contribution is -2.47. The minimum atomic E-state index is -0.293. The molecular formula is C22H22FN5O2S. The van der Waals surface area contributed by atoms with E-state index in [0.29, 0.717) is 4.96 Å². The van der Waals surface area contributed by atoms with Crippen molar-refractivity contribution in [1.82, 2.24) is 19.5 Å². The van der Waals surface area contributed by atoms with Crippen molar-refractivity contribution < 1.29 is 14.2 Å². The quantitative estimate of drug-likeness (QED) is 0.513. The standard InChI is InChI=1S/C22H22FN5O2S/c1-30-18-7-5-17(6-8-18)26-9-11-27(12-10-26)19(15-3-2-4-16(23)13-15)20-21(29)28-22(31-20)24-14-25-28/h2-8,13-14,19,29H,9-12H2,1H3/t19-/m0/s1. The van der Waals surface area contributed by atoms with Gasteiger partial charge in [-0.3, -0.25) is 4.90 Å². The van der Waals surface area contributed by atoms with E-state index in [1.807, 2.05) is 18.2 Å². The summed E-state index contributed by atoms with van der Waals surface area (Å²) in [6.45, 7) is 3.17. The molecule has 0 bridgehead atoms. The number of aromatic nitrogens is 3. The Morgan fingerprint density at radius 1 is 1.10 bits per heavy atom. The predicted octanol–water partition coefficient (Wildman–Crippen LogP) is 3.56. The van der Waals surface area contributed by atoms with Crippen LogP contribution in [0.3, 0.4) is 0 Å². The van der Waals surface area contributed by atoms with Gasteiger partial charge < -0.3 is 14.7 Å². The molecule has 3 heterocycles. The Bertz CT molecular complexity index is 1180. The number of aromatic hydroxyl groups is 1. The molecule has 4 aromatic rings. The Labute approximate surface area is 182 Å². The fourth-order valence-corrected chi connectivity index (χ4v) is 5.20. The summed E-state index contributed by atoms with van der Waals surface area (Å²) >= 11 is 1.38. The number of methoxy groups -OCH3 is 1. The number of piperazine rings is 1. The van der Waals surface area contributed by atoms with E-state index in [4.69, 9.17) is 4.74 Å². The van der Waals surface area contributed by atoms with Gasteiger partial charge in [-0.05, 0) is 42.0 Å². The first kappa shape index (κ1) is 19.8. The lowest BCUT2D eigenvalue weighted by atomic mass is 10.0. The first-order valence-corrected chi connectivity index (χ1v) is 10.9. The second kappa shape index (κ2) is 8.16. The molecule has 0 radical (unpaired) electrons. The summed E-state index contributed by atoms with van der Waals surface area (Å²) in [5.74, 6) is 0.600. The van der Waals surface area contributed by atoms with Crippen LogP contribution in [-0.2, 0) is 0 Å². The van der Waals surface area contributed by atoms with Crippen molar-refractivity contribution in [3.63, 3.8) is 0 Å². The Morgan fingerprint density at radius 2 is 1.87 bits per heavy atom. The molecule has 1 N–H and O–H groups in total. The molecule has 2 aromatic carbocycles. The normalized spacial score (nSPS) is 16.0. The van der Waals surface area contributed by atoms with E-state index in [9.17, 15) is 9.50 Å².